The number of hydrogen-bond acceptors (Lipinski definition) is 3. The first kappa shape index (κ1) is 14.6. The summed E-state index contributed by atoms with van der Waals surface area (Å²) >= 11 is 0. The third kappa shape index (κ3) is 4.99. The van der Waals surface area contributed by atoms with Crippen molar-refractivity contribution in [2.45, 2.75) is 12.8 Å². The highest BCUT2D eigenvalue weighted by Gasteiger charge is 2.05. The maximum atomic E-state index is 11.8. The topological polar surface area (TPSA) is 79.5 Å². The van der Waals surface area contributed by atoms with Gasteiger partial charge in [-0.05, 0) is 35.9 Å². The molecule has 0 atom stereocenters. The zero-order valence-electron chi connectivity index (χ0n) is 11.3. The molecule has 0 unspecified atom stereocenters. The van der Waals surface area contributed by atoms with Gasteiger partial charge in [0.05, 0.1) is 6.26 Å². The van der Waals surface area contributed by atoms with Gasteiger partial charge in [-0.1, -0.05) is 12.1 Å². The van der Waals surface area contributed by atoms with Gasteiger partial charge in [0.25, 0.3) is 0 Å². The molecule has 108 valence electrons. The molecule has 0 saturated carbocycles. The van der Waals surface area contributed by atoms with Crippen molar-refractivity contribution in [1.82, 2.24) is 0 Å². The second-order valence-corrected chi connectivity index (χ2v) is 4.42. The van der Waals surface area contributed by atoms with E-state index in [0.717, 1.165) is 11.8 Å². The van der Waals surface area contributed by atoms with Gasteiger partial charge in [0.15, 0.2) is 0 Å². The molecule has 0 fully saturated rings. The number of nitrogens with one attached hydrogen (secondary N) is 1. The number of hydrogen-bond donors (Lipinski definition) is 2. The number of aliphatic carboxylic acids is 1. The molecule has 5 nitrogen and oxygen atoms in total. The quantitative estimate of drug-likeness (QED) is 0.800. The van der Waals surface area contributed by atoms with Crippen molar-refractivity contribution in [3.8, 4) is 0 Å². The Morgan fingerprint density at radius 1 is 1.24 bits per heavy atom. The van der Waals surface area contributed by atoms with Gasteiger partial charge in [-0.3, -0.25) is 4.79 Å². The van der Waals surface area contributed by atoms with Crippen molar-refractivity contribution in [3.05, 3.63) is 60.1 Å². The van der Waals surface area contributed by atoms with Gasteiger partial charge >= 0.3 is 5.97 Å². The van der Waals surface area contributed by atoms with Crippen LogP contribution in [0.15, 0.2) is 53.2 Å². The van der Waals surface area contributed by atoms with Crippen LogP contribution in [0.2, 0.25) is 0 Å². The Kier molecular flexibility index (Phi) is 4.93. The summed E-state index contributed by atoms with van der Waals surface area (Å²) in [5, 5.41) is 11.4. The molecule has 0 aliphatic heterocycles. The maximum Gasteiger partial charge on any atom is 0.328 e. The number of carboxylic acid groups (broad SMARTS) is 1. The van der Waals surface area contributed by atoms with Crippen molar-refractivity contribution >= 4 is 23.6 Å². The van der Waals surface area contributed by atoms with Crippen molar-refractivity contribution < 1.29 is 19.1 Å². The van der Waals surface area contributed by atoms with Crippen LogP contribution in [-0.4, -0.2) is 17.0 Å². The van der Waals surface area contributed by atoms with Crippen LogP contribution in [0.3, 0.4) is 0 Å². The maximum absolute atomic E-state index is 11.8. The highest BCUT2D eigenvalue weighted by Crippen LogP contribution is 2.13. The van der Waals surface area contributed by atoms with Gasteiger partial charge in [0.2, 0.25) is 5.91 Å². The first-order valence-electron chi connectivity index (χ1n) is 6.47. The van der Waals surface area contributed by atoms with Gasteiger partial charge in [-0.2, -0.15) is 0 Å². The zero-order chi connectivity index (χ0) is 15.1. The molecule has 0 bridgehead atoms. The third-order valence-corrected chi connectivity index (χ3v) is 2.77. The SMILES string of the molecule is O=C(O)/C=C/c1cccc(NC(=O)CCc2ccco2)c1. The smallest absolute Gasteiger partial charge is 0.328 e. The Balaban J connectivity index is 1.91. The number of anilines is 1. The average Bonchev–Trinajstić information content (AvgIpc) is 2.97. The number of aryl methyl sites for hydroxylation is 1. The summed E-state index contributed by atoms with van der Waals surface area (Å²) in [7, 11) is 0. The number of carbonyl (C=O) groups excluding carboxylic acids is 1. The van der Waals surface area contributed by atoms with E-state index in [1.807, 2.05) is 6.07 Å². The average molecular weight is 285 g/mol. The van der Waals surface area contributed by atoms with Gasteiger partial charge in [-0.15, -0.1) is 0 Å². The van der Waals surface area contributed by atoms with Crippen molar-refractivity contribution in [2.24, 2.45) is 0 Å². The molecule has 0 radical (unpaired) electrons. The zero-order valence-corrected chi connectivity index (χ0v) is 11.3. The summed E-state index contributed by atoms with van der Waals surface area (Å²) in [6, 6.07) is 10.6. The molecule has 0 spiro atoms. The fraction of sp³-hybridized carbons (Fsp3) is 0.125. The van der Waals surface area contributed by atoms with E-state index in [2.05, 4.69) is 5.32 Å². The molecule has 2 N–H and O–H groups in total. The molecule has 21 heavy (non-hydrogen) atoms. The normalized spacial score (nSPS) is 10.7. The summed E-state index contributed by atoms with van der Waals surface area (Å²) in [5.74, 6) is -0.364. The Labute approximate surface area is 121 Å². The lowest BCUT2D eigenvalue weighted by Crippen LogP contribution is -2.12. The fourth-order valence-corrected chi connectivity index (χ4v) is 1.80. The first-order valence-corrected chi connectivity index (χ1v) is 6.47. The van der Waals surface area contributed by atoms with Crippen LogP contribution in [0.4, 0.5) is 5.69 Å². The fourth-order valence-electron chi connectivity index (χ4n) is 1.80. The summed E-state index contributed by atoms with van der Waals surface area (Å²) in [5.41, 5.74) is 1.34. The Hall–Kier alpha value is -2.82. The van der Waals surface area contributed by atoms with E-state index in [0.29, 0.717) is 24.1 Å². The number of carbonyl (C=O) groups is 2. The highest BCUT2D eigenvalue weighted by atomic mass is 16.4. The van der Waals surface area contributed by atoms with E-state index in [4.69, 9.17) is 9.52 Å². The van der Waals surface area contributed by atoms with Crippen LogP contribution in [0.25, 0.3) is 6.08 Å². The minimum absolute atomic E-state index is 0.120. The van der Waals surface area contributed by atoms with Crippen molar-refractivity contribution in [3.63, 3.8) is 0 Å². The summed E-state index contributed by atoms with van der Waals surface area (Å²) in [6.07, 6.45) is 4.96. The van der Waals surface area contributed by atoms with Crippen LogP contribution >= 0.6 is 0 Å². The number of carboxylic acids is 1. The van der Waals surface area contributed by atoms with Crippen molar-refractivity contribution in [2.75, 3.05) is 5.32 Å². The van der Waals surface area contributed by atoms with Crippen LogP contribution in [-0.2, 0) is 16.0 Å². The Bertz CT molecular complexity index is 644. The lowest BCUT2D eigenvalue weighted by Gasteiger charge is -2.05. The monoisotopic (exact) mass is 285 g/mol. The first-order chi connectivity index (χ1) is 10.1. The van der Waals surface area contributed by atoms with Crippen LogP contribution in [0.1, 0.15) is 17.7 Å². The number of furan rings is 1. The molecule has 1 amide bonds. The lowest BCUT2D eigenvalue weighted by atomic mass is 10.1. The van der Waals surface area contributed by atoms with Gasteiger partial charge < -0.3 is 14.8 Å². The highest BCUT2D eigenvalue weighted by molar-refractivity contribution is 5.91. The minimum Gasteiger partial charge on any atom is -0.478 e. The Morgan fingerprint density at radius 2 is 2.10 bits per heavy atom. The lowest BCUT2D eigenvalue weighted by molar-refractivity contribution is -0.131. The molecule has 5 heteroatoms. The summed E-state index contributed by atoms with van der Waals surface area (Å²) in [6.45, 7) is 0. The van der Waals surface area contributed by atoms with E-state index in [1.54, 1.807) is 36.6 Å². The molecule has 0 saturated heterocycles. The van der Waals surface area contributed by atoms with Gasteiger partial charge in [0, 0.05) is 24.6 Å². The number of rotatable bonds is 6. The minimum atomic E-state index is -1.01. The molecule has 0 aliphatic rings. The second kappa shape index (κ2) is 7.09. The van der Waals surface area contributed by atoms with Gasteiger partial charge in [-0.25, -0.2) is 4.79 Å². The summed E-state index contributed by atoms with van der Waals surface area (Å²) < 4.78 is 5.16. The van der Waals surface area contributed by atoms with E-state index >= 15 is 0 Å². The van der Waals surface area contributed by atoms with E-state index in [-0.39, 0.29) is 5.91 Å². The van der Waals surface area contributed by atoms with Crippen LogP contribution in [0, 0.1) is 0 Å². The second-order valence-electron chi connectivity index (χ2n) is 4.42. The van der Waals surface area contributed by atoms with Crippen LogP contribution in [0.5, 0.6) is 0 Å². The van der Waals surface area contributed by atoms with Crippen molar-refractivity contribution in [1.29, 1.82) is 0 Å². The number of amides is 1. The molecule has 1 heterocycles. The summed E-state index contributed by atoms with van der Waals surface area (Å²) in [4.78, 5) is 22.3. The predicted octanol–water partition coefficient (Wildman–Crippen LogP) is 2.95. The molecular weight excluding hydrogens is 270 g/mol. The molecular formula is C16H15NO4. The molecule has 1 aromatic carbocycles. The molecule has 2 aromatic rings. The largest absolute Gasteiger partial charge is 0.478 e. The number of benzene rings is 1. The molecule has 0 aliphatic carbocycles. The standard InChI is InChI=1S/C16H15NO4/c18-15(8-7-14-5-2-10-21-14)17-13-4-1-3-12(11-13)6-9-16(19)20/h1-6,9-11H,7-8H2,(H,17,18)(H,19,20)/b9-6+. The van der Waals surface area contributed by atoms with E-state index in [9.17, 15) is 9.59 Å². The Morgan fingerprint density at radius 3 is 2.81 bits per heavy atom. The van der Waals surface area contributed by atoms with Crippen LogP contribution < -0.4 is 5.32 Å². The van der Waals surface area contributed by atoms with E-state index < -0.39 is 5.97 Å². The predicted molar refractivity (Wildman–Crippen MR) is 78.8 cm³/mol. The van der Waals surface area contributed by atoms with E-state index in [1.165, 1.54) is 6.08 Å². The molecule has 2 rings (SSSR count). The third-order valence-electron chi connectivity index (χ3n) is 2.77. The van der Waals surface area contributed by atoms with Gasteiger partial charge in [0.1, 0.15) is 5.76 Å². The molecule has 1 aromatic heterocycles.